The lowest BCUT2D eigenvalue weighted by molar-refractivity contribution is -0.125. The molecule has 1 amide bonds. The van der Waals surface area contributed by atoms with E-state index >= 15 is 0 Å². The molecule has 0 unspecified atom stereocenters. The maximum absolute atomic E-state index is 12.2. The summed E-state index contributed by atoms with van der Waals surface area (Å²) >= 11 is 0. The van der Waals surface area contributed by atoms with E-state index in [4.69, 9.17) is 0 Å². The number of nitrogens with one attached hydrogen (secondary N) is 1. The van der Waals surface area contributed by atoms with Crippen LogP contribution in [0.2, 0.25) is 0 Å². The van der Waals surface area contributed by atoms with Gasteiger partial charge in [0.15, 0.2) is 0 Å². The summed E-state index contributed by atoms with van der Waals surface area (Å²) in [6.45, 7) is 3.25. The van der Waals surface area contributed by atoms with Gasteiger partial charge in [0.2, 0.25) is 5.91 Å². The Kier molecular flexibility index (Phi) is 5.78. The summed E-state index contributed by atoms with van der Waals surface area (Å²) in [6, 6.07) is 20.1. The molecule has 0 aliphatic rings. The number of benzene rings is 2. The van der Waals surface area contributed by atoms with Crippen molar-refractivity contribution in [1.82, 2.24) is 10.2 Å². The van der Waals surface area contributed by atoms with E-state index in [0.29, 0.717) is 6.54 Å². The summed E-state index contributed by atoms with van der Waals surface area (Å²) in [5, 5.41) is 3.26. The molecular formula is C19H22N2O. The van der Waals surface area contributed by atoms with E-state index in [1.165, 1.54) is 5.56 Å². The quantitative estimate of drug-likeness (QED) is 0.829. The summed E-state index contributed by atoms with van der Waals surface area (Å²) in [5.74, 6) is 0.00177. The van der Waals surface area contributed by atoms with E-state index in [9.17, 15) is 4.79 Å². The number of hydrogen-bond donors (Lipinski definition) is 1. The number of likely N-dealkylation sites (N-methyl/N-ethyl adjacent to an activating group) is 1. The number of nitrogens with zero attached hydrogens (tertiary/aromatic N) is 1. The third kappa shape index (κ3) is 5.09. The molecule has 0 fully saturated rings. The zero-order valence-corrected chi connectivity index (χ0v) is 13.1. The van der Waals surface area contributed by atoms with E-state index < -0.39 is 0 Å². The normalized spacial score (nSPS) is 11.1. The molecule has 0 aliphatic heterocycles. The fourth-order valence-corrected chi connectivity index (χ4v) is 2.12. The van der Waals surface area contributed by atoms with Gasteiger partial charge in [0.05, 0.1) is 0 Å². The van der Waals surface area contributed by atoms with Crippen LogP contribution in [0.15, 0.2) is 72.4 Å². The first kappa shape index (κ1) is 15.8. The van der Waals surface area contributed by atoms with Gasteiger partial charge in [-0.05, 0) is 18.1 Å². The van der Waals surface area contributed by atoms with Crippen molar-refractivity contribution < 1.29 is 4.79 Å². The summed E-state index contributed by atoms with van der Waals surface area (Å²) in [6.07, 6.45) is 1.64. The molecule has 0 bridgehead atoms. The van der Waals surface area contributed by atoms with Crippen LogP contribution in [0.1, 0.15) is 18.1 Å². The smallest absolute Gasteiger partial charge is 0.248 e. The monoisotopic (exact) mass is 294 g/mol. The van der Waals surface area contributed by atoms with Crippen LogP contribution in [0.4, 0.5) is 0 Å². The lowest BCUT2D eigenvalue weighted by Gasteiger charge is -2.16. The van der Waals surface area contributed by atoms with Gasteiger partial charge in [-0.3, -0.25) is 4.79 Å². The van der Waals surface area contributed by atoms with Gasteiger partial charge in [-0.25, -0.2) is 0 Å². The minimum Gasteiger partial charge on any atom is -0.384 e. The van der Waals surface area contributed by atoms with E-state index in [1.54, 1.807) is 11.0 Å². The van der Waals surface area contributed by atoms with Gasteiger partial charge in [0.1, 0.15) is 0 Å². The van der Waals surface area contributed by atoms with Crippen molar-refractivity contribution in [3.63, 3.8) is 0 Å². The fraction of sp³-hybridized carbons (Fsp3) is 0.211. The first-order valence-electron chi connectivity index (χ1n) is 7.40. The minimum atomic E-state index is 0.00177. The number of hydrogen-bond acceptors (Lipinski definition) is 2. The van der Waals surface area contributed by atoms with Crippen LogP contribution >= 0.6 is 0 Å². The predicted molar refractivity (Wildman–Crippen MR) is 90.0 cm³/mol. The van der Waals surface area contributed by atoms with Crippen LogP contribution in [0.25, 0.3) is 0 Å². The zero-order chi connectivity index (χ0) is 15.8. The minimum absolute atomic E-state index is 0.00177. The highest BCUT2D eigenvalue weighted by Gasteiger charge is 2.06. The van der Waals surface area contributed by atoms with Crippen molar-refractivity contribution in [2.45, 2.75) is 20.0 Å². The van der Waals surface area contributed by atoms with E-state index in [0.717, 1.165) is 17.8 Å². The summed E-state index contributed by atoms with van der Waals surface area (Å²) in [7, 11) is 1.82. The number of allylic oxidation sites excluding steroid dienone is 1. The van der Waals surface area contributed by atoms with Gasteiger partial charge >= 0.3 is 0 Å². The third-order valence-electron chi connectivity index (χ3n) is 3.39. The molecule has 0 aromatic heterocycles. The summed E-state index contributed by atoms with van der Waals surface area (Å²) in [5.41, 5.74) is 3.19. The Morgan fingerprint density at radius 3 is 2.14 bits per heavy atom. The fourth-order valence-electron chi connectivity index (χ4n) is 2.12. The van der Waals surface area contributed by atoms with Crippen molar-refractivity contribution in [2.24, 2.45) is 0 Å². The lowest BCUT2D eigenvalue weighted by atomic mass is 10.2. The van der Waals surface area contributed by atoms with Gasteiger partial charge in [-0.1, -0.05) is 60.7 Å². The van der Waals surface area contributed by atoms with Gasteiger partial charge in [-0.2, -0.15) is 0 Å². The molecule has 0 saturated carbocycles. The van der Waals surface area contributed by atoms with Gasteiger partial charge in [-0.15, -0.1) is 0 Å². The average molecular weight is 294 g/mol. The highest BCUT2D eigenvalue weighted by molar-refractivity contribution is 5.87. The SMILES string of the molecule is C/C(=C\C(=O)N(C)Cc1ccccc1)NCc1ccccc1. The second kappa shape index (κ2) is 8.03. The predicted octanol–water partition coefficient (Wildman–Crippen LogP) is 3.34. The van der Waals surface area contributed by atoms with Crippen LogP contribution in [0, 0.1) is 0 Å². The number of carbonyl (C=O) groups is 1. The van der Waals surface area contributed by atoms with Crippen molar-refractivity contribution in [3.05, 3.63) is 83.6 Å². The Morgan fingerprint density at radius 2 is 1.55 bits per heavy atom. The van der Waals surface area contributed by atoms with Crippen LogP contribution in [-0.2, 0) is 17.9 Å². The molecule has 2 aromatic carbocycles. The Balaban J connectivity index is 1.86. The van der Waals surface area contributed by atoms with E-state index in [1.807, 2.05) is 62.5 Å². The molecule has 0 aliphatic carbocycles. The second-order valence-electron chi connectivity index (χ2n) is 5.35. The van der Waals surface area contributed by atoms with Crippen molar-refractivity contribution in [1.29, 1.82) is 0 Å². The summed E-state index contributed by atoms with van der Waals surface area (Å²) < 4.78 is 0. The Labute approximate surface area is 132 Å². The maximum Gasteiger partial charge on any atom is 0.248 e. The Hall–Kier alpha value is -2.55. The number of rotatable bonds is 6. The molecule has 0 spiro atoms. The Bertz CT molecular complexity index is 620. The molecule has 22 heavy (non-hydrogen) atoms. The maximum atomic E-state index is 12.2. The van der Waals surface area contributed by atoms with Crippen LogP contribution in [0.5, 0.6) is 0 Å². The molecule has 2 rings (SSSR count). The number of amides is 1. The highest BCUT2D eigenvalue weighted by Crippen LogP contribution is 2.04. The van der Waals surface area contributed by atoms with Gasteiger partial charge in [0, 0.05) is 31.9 Å². The molecule has 0 radical (unpaired) electrons. The average Bonchev–Trinajstić information content (AvgIpc) is 2.55. The topological polar surface area (TPSA) is 32.3 Å². The summed E-state index contributed by atoms with van der Waals surface area (Å²) in [4.78, 5) is 13.9. The number of carbonyl (C=O) groups excluding carboxylic acids is 1. The van der Waals surface area contributed by atoms with Crippen LogP contribution < -0.4 is 5.32 Å². The van der Waals surface area contributed by atoms with E-state index in [-0.39, 0.29) is 5.91 Å². The molecular weight excluding hydrogens is 272 g/mol. The lowest BCUT2D eigenvalue weighted by Crippen LogP contribution is -2.25. The second-order valence-corrected chi connectivity index (χ2v) is 5.35. The molecule has 0 atom stereocenters. The molecule has 114 valence electrons. The molecule has 0 heterocycles. The molecule has 0 saturated heterocycles. The largest absolute Gasteiger partial charge is 0.384 e. The van der Waals surface area contributed by atoms with Crippen LogP contribution in [-0.4, -0.2) is 17.9 Å². The van der Waals surface area contributed by atoms with Crippen molar-refractivity contribution in [2.75, 3.05) is 7.05 Å². The molecule has 2 aromatic rings. The van der Waals surface area contributed by atoms with Crippen molar-refractivity contribution >= 4 is 5.91 Å². The van der Waals surface area contributed by atoms with Gasteiger partial charge < -0.3 is 10.2 Å². The Morgan fingerprint density at radius 1 is 1.00 bits per heavy atom. The van der Waals surface area contributed by atoms with E-state index in [2.05, 4.69) is 17.4 Å². The van der Waals surface area contributed by atoms with Crippen LogP contribution in [0.3, 0.4) is 0 Å². The standard InChI is InChI=1S/C19H22N2O/c1-16(20-14-17-9-5-3-6-10-17)13-19(22)21(2)15-18-11-7-4-8-12-18/h3-13,20H,14-15H2,1-2H3/b16-13+. The van der Waals surface area contributed by atoms with Gasteiger partial charge in [0.25, 0.3) is 0 Å². The molecule has 1 N–H and O–H groups in total. The first-order valence-corrected chi connectivity index (χ1v) is 7.40. The molecule has 3 heteroatoms. The molecule has 3 nitrogen and oxygen atoms in total. The first-order chi connectivity index (χ1) is 10.6. The zero-order valence-electron chi connectivity index (χ0n) is 13.1. The third-order valence-corrected chi connectivity index (χ3v) is 3.39. The highest BCUT2D eigenvalue weighted by atomic mass is 16.2. The van der Waals surface area contributed by atoms with Crippen molar-refractivity contribution in [3.8, 4) is 0 Å².